The molecule has 0 aromatic carbocycles. The van der Waals surface area contributed by atoms with E-state index in [-0.39, 0.29) is 0 Å². The molecule has 0 radical (unpaired) electrons. The van der Waals surface area contributed by atoms with E-state index in [1.807, 2.05) is 0 Å². The quantitative estimate of drug-likeness (QED) is 0.152. The summed E-state index contributed by atoms with van der Waals surface area (Å²) in [6.07, 6.45) is 17.3. The Morgan fingerprint density at radius 1 is 0.739 bits per heavy atom. The standard InChI is InChI=1S/C23H42/c1-7-21(4)16-12-8-9-13-17-22(5)18-14-10-11-15-19-23(6)20(2)3/h22H,2,4,6-19H2,1,3,5H3. The monoisotopic (exact) mass is 318 g/mol. The summed E-state index contributed by atoms with van der Waals surface area (Å²) in [5, 5.41) is 0. The predicted molar refractivity (Wildman–Crippen MR) is 108 cm³/mol. The van der Waals surface area contributed by atoms with Crippen molar-refractivity contribution in [1.29, 1.82) is 0 Å². The lowest BCUT2D eigenvalue weighted by Gasteiger charge is -2.11. The third-order valence-electron chi connectivity index (χ3n) is 5.01. The molecule has 0 heterocycles. The highest BCUT2D eigenvalue weighted by atomic mass is 14.1. The van der Waals surface area contributed by atoms with Gasteiger partial charge in [-0.3, -0.25) is 0 Å². The van der Waals surface area contributed by atoms with E-state index in [2.05, 4.69) is 40.5 Å². The zero-order chi connectivity index (χ0) is 17.5. The van der Waals surface area contributed by atoms with Gasteiger partial charge in [-0.1, -0.05) is 102 Å². The molecule has 1 unspecified atom stereocenters. The minimum atomic E-state index is 0.908. The number of rotatable bonds is 16. The largest absolute Gasteiger partial charge is 0.0999 e. The van der Waals surface area contributed by atoms with Gasteiger partial charge in [0.1, 0.15) is 0 Å². The molecule has 0 aromatic rings. The van der Waals surface area contributed by atoms with E-state index >= 15 is 0 Å². The van der Waals surface area contributed by atoms with E-state index in [9.17, 15) is 0 Å². The van der Waals surface area contributed by atoms with E-state index in [0.717, 1.165) is 24.3 Å². The molecular formula is C23H42. The Bertz CT molecular complexity index is 334. The molecule has 0 bridgehead atoms. The second kappa shape index (κ2) is 14.8. The van der Waals surface area contributed by atoms with E-state index in [1.54, 1.807) is 0 Å². The second-order valence-electron chi connectivity index (χ2n) is 7.50. The minimum absolute atomic E-state index is 0.908. The average molecular weight is 319 g/mol. The third-order valence-corrected chi connectivity index (χ3v) is 5.01. The molecule has 0 N–H and O–H groups in total. The Kier molecular flexibility index (Phi) is 14.3. The molecule has 0 nitrogen and oxygen atoms in total. The molecule has 134 valence electrons. The van der Waals surface area contributed by atoms with Gasteiger partial charge in [0, 0.05) is 0 Å². The highest BCUT2D eigenvalue weighted by Gasteiger charge is 2.02. The van der Waals surface area contributed by atoms with Gasteiger partial charge >= 0.3 is 0 Å². The lowest BCUT2D eigenvalue weighted by atomic mass is 9.95. The SMILES string of the molecule is C=C(CC)CCCCCCC(C)CCCCCCC(=C)C(=C)C. The predicted octanol–water partition coefficient (Wildman–Crippen LogP) is 8.40. The van der Waals surface area contributed by atoms with E-state index in [1.165, 1.54) is 81.8 Å². The Morgan fingerprint density at radius 2 is 1.22 bits per heavy atom. The normalized spacial score (nSPS) is 12.1. The number of hydrogen-bond donors (Lipinski definition) is 0. The summed E-state index contributed by atoms with van der Waals surface area (Å²) in [6, 6.07) is 0. The Labute approximate surface area is 147 Å². The van der Waals surface area contributed by atoms with Gasteiger partial charge < -0.3 is 0 Å². The van der Waals surface area contributed by atoms with Crippen molar-refractivity contribution >= 4 is 0 Å². The van der Waals surface area contributed by atoms with Crippen molar-refractivity contribution in [1.82, 2.24) is 0 Å². The van der Waals surface area contributed by atoms with Crippen LogP contribution in [-0.4, -0.2) is 0 Å². The molecule has 0 aliphatic rings. The topological polar surface area (TPSA) is 0 Å². The van der Waals surface area contributed by atoms with Gasteiger partial charge in [-0.25, -0.2) is 0 Å². The fraction of sp³-hybridized carbons (Fsp3) is 0.739. The molecular weight excluding hydrogens is 276 g/mol. The third kappa shape index (κ3) is 14.5. The van der Waals surface area contributed by atoms with Crippen LogP contribution < -0.4 is 0 Å². The van der Waals surface area contributed by atoms with Gasteiger partial charge in [0.25, 0.3) is 0 Å². The van der Waals surface area contributed by atoms with Crippen LogP contribution in [0, 0.1) is 5.92 Å². The number of hydrogen-bond acceptors (Lipinski definition) is 0. The first-order chi connectivity index (χ1) is 11.0. The average Bonchev–Trinajstić information content (AvgIpc) is 2.53. The van der Waals surface area contributed by atoms with Crippen molar-refractivity contribution in [2.75, 3.05) is 0 Å². The van der Waals surface area contributed by atoms with Gasteiger partial charge in [0.2, 0.25) is 0 Å². The molecule has 0 fully saturated rings. The summed E-state index contributed by atoms with van der Waals surface area (Å²) < 4.78 is 0. The first kappa shape index (κ1) is 22.2. The summed E-state index contributed by atoms with van der Waals surface area (Å²) in [5.74, 6) is 0.908. The summed E-state index contributed by atoms with van der Waals surface area (Å²) in [6.45, 7) is 18.8. The lowest BCUT2D eigenvalue weighted by Crippen LogP contribution is -1.95. The summed E-state index contributed by atoms with van der Waals surface area (Å²) >= 11 is 0. The smallest absolute Gasteiger partial charge is 0.0282 e. The van der Waals surface area contributed by atoms with Crippen LogP contribution in [-0.2, 0) is 0 Å². The van der Waals surface area contributed by atoms with Gasteiger partial charge in [-0.15, -0.1) is 0 Å². The van der Waals surface area contributed by atoms with Crippen LogP contribution in [0.4, 0.5) is 0 Å². The maximum Gasteiger partial charge on any atom is -0.0282 e. The van der Waals surface area contributed by atoms with Crippen LogP contribution in [0.2, 0.25) is 0 Å². The minimum Gasteiger partial charge on any atom is -0.0999 e. The van der Waals surface area contributed by atoms with Crippen LogP contribution in [0.3, 0.4) is 0 Å². The molecule has 23 heavy (non-hydrogen) atoms. The molecule has 0 aliphatic carbocycles. The molecule has 0 amide bonds. The molecule has 0 aliphatic heterocycles. The molecule has 0 spiro atoms. The molecule has 0 saturated carbocycles. The van der Waals surface area contributed by atoms with Crippen molar-refractivity contribution < 1.29 is 0 Å². The number of allylic oxidation sites excluding steroid dienone is 3. The van der Waals surface area contributed by atoms with Gasteiger partial charge in [0.05, 0.1) is 0 Å². The Morgan fingerprint density at radius 3 is 1.70 bits per heavy atom. The zero-order valence-electron chi connectivity index (χ0n) is 16.4. The van der Waals surface area contributed by atoms with Crippen molar-refractivity contribution in [3.63, 3.8) is 0 Å². The molecule has 1 atom stereocenters. The fourth-order valence-corrected chi connectivity index (χ4v) is 2.94. The Balaban J connectivity index is 3.34. The Hall–Kier alpha value is -0.780. The van der Waals surface area contributed by atoms with E-state index in [4.69, 9.17) is 0 Å². The first-order valence-electron chi connectivity index (χ1n) is 9.97. The van der Waals surface area contributed by atoms with Crippen LogP contribution >= 0.6 is 0 Å². The molecule has 0 rings (SSSR count). The lowest BCUT2D eigenvalue weighted by molar-refractivity contribution is 0.434. The van der Waals surface area contributed by atoms with Gasteiger partial charge in [-0.2, -0.15) is 0 Å². The summed E-state index contributed by atoms with van der Waals surface area (Å²) in [7, 11) is 0. The molecule has 0 heteroatoms. The maximum absolute atomic E-state index is 4.08. The summed E-state index contributed by atoms with van der Waals surface area (Å²) in [4.78, 5) is 0. The van der Waals surface area contributed by atoms with Crippen LogP contribution in [0.15, 0.2) is 36.5 Å². The van der Waals surface area contributed by atoms with Crippen LogP contribution in [0.5, 0.6) is 0 Å². The molecule has 0 saturated heterocycles. The fourth-order valence-electron chi connectivity index (χ4n) is 2.94. The van der Waals surface area contributed by atoms with Crippen molar-refractivity contribution in [2.45, 2.75) is 104 Å². The van der Waals surface area contributed by atoms with Crippen molar-refractivity contribution in [2.24, 2.45) is 5.92 Å². The first-order valence-corrected chi connectivity index (χ1v) is 9.97. The highest BCUT2D eigenvalue weighted by Crippen LogP contribution is 2.20. The van der Waals surface area contributed by atoms with Gasteiger partial charge in [-0.05, 0) is 44.9 Å². The van der Waals surface area contributed by atoms with E-state index in [0.29, 0.717) is 0 Å². The second-order valence-corrected chi connectivity index (χ2v) is 7.50. The zero-order valence-corrected chi connectivity index (χ0v) is 16.4. The maximum atomic E-state index is 4.08. The summed E-state index contributed by atoms with van der Waals surface area (Å²) in [5.41, 5.74) is 3.81. The highest BCUT2D eigenvalue weighted by molar-refractivity contribution is 5.22. The molecule has 0 aromatic heterocycles. The van der Waals surface area contributed by atoms with Gasteiger partial charge in [0.15, 0.2) is 0 Å². The van der Waals surface area contributed by atoms with Crippen LogP contribution in [0.25, 0.3) is 0 Å². The van der Waals surface area contributed by atoms with Crippen LogP contribution in [0.1, 0.15) is 104 Å². The van der Waals surface area contributed by atoms with Crippen molar-refractivity contribution in [3.8, 4) is 0 Å². The van der Waals surface area contributed by atoms with E-state index < -0.39 is 0 Å². The van der Waals surface area contributed by atoms with Crippen molar-refractivity contribution in [3.05, 3.63) is 36.5 Å². The number of unbranched alkanes of at least 4 members (excludes halogenated alkanes) is 6.